The molecule has 2 aliphatic rings. The number of carbonyl (C=O) groups is 1. The van der Waals surface area contributed by atoms with Gasteiger partial charge in [0.2, 0.25) is 0 Å². The molecular weight excluding hydrogens is 1030 g/mol. The first-order valence-corrected chi connectivity index (χ1v) is 32.2. The van der Waals surface area contributed by atoms with Gasteiger partial charge in [0.05, 0.1) is 26.4 Å². The molecule has 81 heavy (non-hydrogen) atoms. The van der Waals surface area contributed by atoms with Gasteiger partial charge in [-0.25, -0.2) is 0 Å². The maximum Gasteiger partial charge on any atom is 0.306 e. The Morgan fingerprint density at radius 1 is 0.420 bits per heavy atom. The van der Waals surface area contributed by atoms with Crippen molar-refractivity contribution in [3.05, 3.63) is 85.1 Å². The molecule has 0 radical (unpaired) electrons. The molecule has 2 heterocycles. The smallest absolute Gasteiger partial charge is 0.306 e. The zero-order valence-electron chi connectivity index (χ0n) is 50.5. The Labute approximate surface area is 490 Å². The van der Waals surface area contributed by atoms with Crippen molar-refractivity contribution in [2.75, 3.05) is 33.0 Å². The Kier molecular flexibility index (Phi) is 48.3. The topological polar surface area (TPSA) is 214 Å². The van der Waals surface area contributed by atoms with Crippen LogP contribution in [0.1, 0.15) is 232 Å². The van der Waals surface area contributed by atoms with E-state index in [0.717, 1.165) is 83.5 Å². The molecule has 2 rings (SSSR count). The SMILES string of the molecule is CC/C=C\C/C=C\C/C=C\C/C=C\CCCCCCCCCCC(=O)OC(COCCCCCCCCCCCCC/C=C\C/C=C\C/C=C\CCCCCCC)COC1OC(COC2OC(CO)C(O)C(O)C2O)C(O)C(O)C1O. The first-order valence-electron chi connectivity index (χ1n) is 32.2. The van der Waals surface area contributed by atoms with Gasteiger partial charge in [0, 0.05) is 13.0 Å². The molecule has 0 aromatic heterocycles. The third-order valence-electron chi connectivity index (χ3n) is 14.9. The van der Waals surface area contributed by atoms with Gasteiger partial charge in [0.25, 0.3) is 0 Å². The maximum absolute atomic E-state index is 13.1. The summed E-state index contributed by atoms with van der Waals surface area (Å²) in [5.74, 6) is -0.386. The number of aliphatic hydroxyl groups is 7. The summed E-state index contributed by atoms with van der Waals surface area (Å²) in [7, 11) is 0. The first-order chi connectivity index (χ1) is 39.6. The highest BCUT2D eigenvalue weighted by molar-refractivity contribution is 5.69. The largest absolute Gasteiger partial charge is 0.457 e. The van der Waals surface area contributed by atoms with E-state index in [9.17, 15) is 40.5 Å². The summed E-state index contributed by atoms with van der Waals surface area (Å²) in [4.78, 5) is 13.1. The molecule has 0 amide bonds. The first kappa shape index (κ1) is 74.3. The number of carbonyl (C=O) groups excluding carboxylic acids is 1. The fourth-order valence-corrected chi connectivity index (χ4v) is 9.76. The standard InChI is InChI=1S/C67H116O14/c1-3-5-7-9-11-13-15-17-19-21-23-25-26-27-28-29-31-33-35-37-39-41-43-45-47-49-51-76-53-56(54-77-66-65(75)63(73)61(71)58(81-66)55-78-67-64(74)62(72)60(70)57(52-68)80-67)79-59(69)50-48-46-44-42-40-38-36-34-32-30-24-22-20-18-16-14-12-10-8-6-4-2/h6,8,12,14-15,17-18,20-21,23-24,26-27,30,56-58,60-68,70-75H,3-5,7,9-11,13,16,19,22,25,28-29,31-55H2,1-2H3/b8-6-,14-12-,17-15-,20-18-,23-21-,27-26-,30-24-. The lowest BCUT2D eigenvalue weighted by Crippen LogP contribution is -2.61. The van der Waals surface area contributed by atoms with Crippen LogP contribution < -0.4 is 0 Å². The van der Waals surface area contributed by atoms with Crippen LogP contribution in [0.5, 0.6) is 0 Å². The lowest BCUT2D eigenvalue weighted by Gasteiger charge is -2.42. The third-order valence-corrected chi connectivity index (χ3v) is 14.9. The van der Waals surface area contributed by atoms with Crippen molar-refractivity contribution >= 4 is 5.97 Å². The second kappa shape index (κ2) is 52.7. The van der Waals surface area contributed by atoms with Gasteiger partial charge in [-0.15, -0.1) is 0 Å². The molecule has 11 unspecified atom stereocenters. The Balaban J connectivity index is 1.68. The van der Waals surface area contributed by atoms with E-state index in [4.69, 9.17) is 28.4 Å². The predicted molar refractivity (Wildman–Crippen MR) is 325 cm³/mol. The Hall–Kier alpha value is -2.83. The van der Waals surface area contributed by atoms with Gasteiger partial charge in [0.15, 0.2) is 12.6 Å². The molecule has 7 N–H and O–H groups in total. The van der Waals surface area contributed by atoms with E-state index >= 15 is 0 Å². The van der Waals surface area contributed by atoms with E-state index < -0.39 is 80.7 Å². The zero-order chi connectivity index (χ0) is 58.6. The summed E-state index contributed by atoms with van der Waals surface area (Å²) in [5.41, 5.74) is 0. The number of unbranched alkanes of at least 4 members (excludes halogenated alkanes) is 24. The summed E-state index contributed by atoms with van der Waals surface area (Å²) in [6, 6.07) is 0. The monoisotopic (exact) mass is 1140 g/mol. The van der Waals surface area contributed by atoms with E-state index in [0.29, 0.717) is 13.0 Å². The quantitative estimate of drug-likeness (QED) is 0.0172. The molecule has 0 bridgehead atoms. The van der Waals surface area contributed by atoms with Gasteiger partial charge >= 0.3 is 5.97 Å². The minimum Gasteiger partial charge on any atom is -0.457 e. The second-order valence-electron chi connectivity index (χ2n) is 22.2. The molecular formula is C67H116O14. The fraction of sp³-hybridized carbons (Fsp3) is 0.776. The predicted octanol–water partition coefficient (Wildman–Crippen LogP) is 12.8. The van der Waals surface area contributed by atoms with Gasteiger partial charge in [-0.05, 0) is 89.9 Å². The summed E-state index contributed by atoms with van der Waals surface area (Å²) in [5, 5.41) is 72.5. The van der Waals surface area contributed by atoms with E-state index in [2.05, 4.69) is 98.9 Å². The number of ether oxygens (including phenoxy) is 6. The molecule has 0 aliphatic carbocycles. The third kappa shape index (κ3) is 38.7. The van der Waals surface area contributed by atoms with E-state index in [1.807, 2.05) is 0 Å². The van der Waals surface area contributed by atoms with Crippen molar-refractivity contribution in [3.63, 3.8) is 0 Å². The number of hydrogen-bond acceptors (Lipinski definition) is 14. The lowest BCUT2D eigenvalue weighted by atomic mass is 9.98. The molecule has 0 aromatic carbocycles. The minimum absolute atomic E-state index is 0.0523. The van der Waals surface area contributed by atoms with Crippen LogP contribution in [0.25, 0.3) is 0 Å². The van der Waals surface area contributed by atoms with Gasteiger partial charge < -0.3 is 64.2 Å². The van der Waals surface area contributed by atoms with E-state index in [1.165, 1.54) is 122 Å². The van der Waals surface area contributed by atoms with Crippen molar-refractivity contribution in [1.82, 2.24) is 0 Å². The molecule has 2 saturated heterocycles. The van der Waals surface area contributed by atoms with Crippen LogP contribution in [0.2, 0.25) is 0 Å². The van der Waals surface area contributed by atoms with Crippen molar-refractivity contribution in [1.29, 1.82) is 0 Å². The van der Waals surface area contributed by atoms with Crippen LogP contribution in [0.15, 0.2) is 85.1 Å². The average molecular weight is 1150 g/mol. The van der Waals surface area contributed by atoms with Gasteiger partial charge in [-0.1, -0.05) is 221 Å². The molecule has 2 aliphatic heterocycles. The van der Waals surface area contributed by atoms with Crippen LogP contribution in [0.4, 0.5) is 0 Å². The molecule has 14 nitrogen and oxygen atoms in total. The minimum atomic E-state index is -1.71. The van der Waals surface area contributed by atoms with Crippen LogP contribution in [-0.4, -0.2) is 142 Å². The second-order valence-corrected chi connectivity index (χ2v) is 22.2. The number of aliphatic hydroxyl groups excluding tert-OH is 7. The molecule has 11 atom stereocenters. The van der Waals surface area contributed by atoms with Gasteiger partial charge in [-0.2, -0.15) is 0 Å². The van der Waals surface area contributed by atoms with E-state index in [-0.39, 0.29) is 25.6 Å². The van der Waals surface area contributed by atoms with Crippen molar-refractivity contribution < 1.29 is 69.0 Å². The van der Waals surface area contributed by atoms with Crippen molar-refractivity contribution in [2.24, 2.45) is 0 Å². The number of rotatable bonds is 52. The van der Waals surface area contributed by atoms with Crippen LogP contribution in [-0.2, 0) is 33.2 Å². The Morgan fingerprint density at radius 3 is 1.26 bits per heavy atom. The zero-order valence-corrected chi connectivity index (χ0v) is 50.5. The molecule has 2 fully saturated rings. The summed E-state index contributed by atoms with van der Waals surface area (Å²) in [6.07, 6.45) is 53.5. The molecule has 0 spiro atoms. The van der Waals surface area contributed by atoms with Crippen molar-refractivity contribution in [3.8, 4) is 0 Å². The summed E-state index contributed by atoms with van der Waals surface area (Å²) >= 11 is 0. The normalized spacial score (nSPS) is 24.3. The number of esters is 1. The van der Waals surface area contributed by atoms with Crippen LogP contribution in [0.3, 0.4) is 0 Å². The summed E-state index contributed by atoms with van der Waals surface area (Å²) < 4.78 is 34.5. The molecule has 14 heteroatoms. The van der Waals surface area contributed by atoms with Crippen molar-refractivity contribution in [2.45, 2.75) is 300 Å². The fourth-order valence-electron chi connectivity index (χ4n) is 9.76. The summed E-state index contributed by atoms with van der Waals surface area (Å²) in [6.45, 7) is 3.56. The van der Waals surface area contributed by atoms with Crippen LogP contribution in [0, 0.1) is 0 Å². The molecule has 468 valence electrons. The Morgan fingerprint density at radius 2 is 0.802 bits per heavy atom. The van der Waals surface area contributed by atoms with Gasteiger partial charge in [0.1, 0.15) is 54.9 Å². The lowest BCUT2D eigenvalue weighted by molar-refractivity contribution is -0.332. The van der Waals surface area contributed by atoms with Crippen LogP contribution >= 0.6 is 0 Å². The number of allylic oxidation sites excluding steroid dienone is 14. The van der Waals surface area contributed by atoms with E-state index in [1.54, 1.807) is 0 Å². The van der Waals surface area contributed by atoms with Gasteiger partial charge in [-0.3, -0.25) is 4.79 Å². The molecule has 0 aromatic rings. The number of hydrogen-bond donors (Lipinski definition) is 7. The highest BCUT2D eigenvalue weighted by Gasteiger charge is 2.47. The average Bonchev–Trinajstić information content (AvgIpc) is 3.46. The highest BCUT2D eigenvalue weighted by atomic mass is 16.7. The Bertz CT molecular complexity index is 1660. The maximum atomic E-state index is 13.1. The molecule has 0 saturated carbocycles. The highest BCUT2D eigenvalue weighted by Crippen LogP contribution is 2.27.